The van der Waals surface area contributed by atoms with Crippen molar-refractivity contribution in [3.8, 4) is 5.75 Å². The highest BCUT2D eigenvalue weighted by atomic mass is 32.1. The minimum atomic E-state index is 0.137. The molecule has 162 valence electrons. The normalized spacial score (nSPS) is 14.6. The van der Waals surface area contributed by atoms with E-state index in [-0.39, 0.29) is 5.91 Å². The third kappa shape index (κ3) is 5.35. The number of para-hydroxylation sites is 1. The van der Waals surface area contributed by atoms with Gasteiger partial charge in [0.15, 0.2) is 0 Å². The molecule has 1 aliphatic rings. The molecular weight excluding hydrogens is 404 g/mol. The van der Waals surface area contributed by atoms with Gasteiger partial charge in [-0.05, 0) is 48.9 Å². The lowest BCUT2D eigenvalue weighted by Gasteiger charge is -2.34. The van der Waals surface area contributed by atoms with Crippen molar-refractivity contribution in [2.45, 2.75) is 33.9 Å². The van der Waals surface area contributed by atoms with E-state index in [2.05, 4.69) is 62.1 Å². The highest BCUT2D eigenvalue weighted by Gasteiger charge is 2.23. The molecule has 0 saturated carbocycles. The van der Waals surface area contributed by atoms with Crippen LogP contribution in [0.2, 0.25) is 0 Å². The lowest BCUT2D eigenvalue weighted by molar-refractivity contribution is 0.0633. The SMILES string of the molecule is Cc1ccc(CN2CCN(C(=O)c3cc(COc4c(C)cccc4C)cs3)CC2)cc1. The van der Waals surface area contributed by atoms with Crippen molar-refractivity contribution in [2.75, 3.05) is 26.2 Å². The number of nitrogens with zero attached hydrogens (tertiary/aromatic N) is 2. The third-order valence-corrected chi connectivity index (χ3v) is 6.81. The Balaban J connectivity index is 1.29. The van der Waals surface area contributed by atoms with Gasteiger partial charge in [0, 0.05) is 38.3 Å². The topological polar surface area (TPSA) is 32.8 Å². The van der Waals surface area contributed by atoms with Gasteiger partial charge in [-0.3, -0.25) is 9.69 Å². The zero-order chi connectivity index (χ0) is 21.8. The van der Waals surface area contributed by atoms with E-state index in [0.29, 0.717) is 6.61 Å². The number of carbonyl (C=O) groups is 1. The summed E-state index contributed by atoms with van der Waals surface area (Å²) in [6.45, 7) is 11.0. The highest BCUT2D eigenvalue weighted by molar-refractivity contribution is 7.12. The van der Waals surface area contributed by atoms with Crippen LogP contribution in [0.1, 0.15) is 37.5 Å². The van der Waals surface area contributed by atoms with Crippen molar-refractivity contribution in [2.24, 2.45) is 0 Å². The molecule has 0 aliphatic carbocycles. The molecule has 1 aliphatic heterocycles. The van der Waals surface area contributed by atoms with Gasteiger partial charge in [-0.25, -0.2) is 0 Å². The Morgan fingerprint density at radius 1 is 0.935 bits per heavy atom. The second kappa shape index (κ2) is 9.67. The molecule has 31 heavy (non-hydrogen) atoms. The monoisotopic (exact) mass is 434 g/mol. The van der Waals surface area contributed by atoms with Crippen LogP contribution in [0, 0.1) is 20.8 Å². The number of hydrogen-bond donors (Lipinski definition) is 0. The largest absolute Gasteiger partial charge is 0.488 e. The second-order valence-corrected chi connectivity index (χ2v) is 9.29. The summed E-state index contributed by atoms with van der Waals surface area (Å²) >= 11 is 1.51. The molecule has 0 atom stereocenters. The van der Waals surface area contributed by atoms with Crippen molar-refractivity contribution in [1.29, 1.82) is 0 Å². The number of aryl methyl sites for hydroxylation is 3. The van der Waals surface area contributed by atoms with Gasteiger partial charge >= 0.3 is 0 Å². The van der Waals surface area contributed by atoms with Crippen LogP contribution in [0.15, 0.2) is 53.9 Å². The van der Waals surface area contributed by atoms with Crippen molar-refractivity contribution in [3.63, 3.8) is 0 Å². The van der Waals surface area contributed by atoms with E-state index in [4.69, 9.17) is 4.74 Å². The molecule has 2 aromatic carbocycles. The van der Waals surface area contributed by atoms with Crippen LogP contribution in [-0.4, -0.2) is 41.9 Å². The fraction of sp³-hybridized carbons (Fsp3) is 0.346. The van der Waals surface area contributed by atoms with Crippen LogP contribution in [0.25, 0.3) is 0 Å². The summed E-state index contributed by atoms with van der Waals surface area (Å²) < 4.78 is 6.05. The number of carbonyl (C=O) groups excluding carboxylic acids is 1. The Morgan fingerprint density at radius 2 is 1.61 bits per heavy atom. The van der Waals surface area contributed by atoms with Crippen LogP contribution >= 0.6 is 11.3 Å². The molecule has 2 heterocycles. The summed E-state index contributed by atoms with van der Waals surface area (Å²) in [6, 6.07) is 16.9. The summed E-state index contributed by atoms with van der Waals surface area (Å²) in [5.74, 6) is 1.07. The Labute approximate surface area is 189 Å². The molecule has 0 spiro atoms. The highest BCUT2D eigenvalue weighted by Crippen LogP contribution is 2.25. The number of piperazine rings is 1. The summed E-state index contributed by atoms with van der Waals surface area (Å²) in [4.78, 5) is 18.2. The molecule has 5 heteroatoms. The first-order valence-electron chi connectivity index (χ1n) is 10.8. The maximum Gasteiger partial charge on any atom is 0.264 e. The van der Waals surface area contributed by atoms with Gasteiger partial charge in [-0.15, -0.1) is 11.3 Å². The smallest absolute Gasteiger partial charge is 0.264 e. The lowest BCUT2D eigenvalue weighted by atomic mass is 10.1. The molecule has 1 amide bonds. The van der Waals surface area contributed by atoms with Gasteiger partial charge in [-0.2, -0.15) is 0 Å². The summed E-state index contributed by atoms with van der Waals surface area (Å²) in [5, 5.41) is 2.04. The quantitative estimate of drug-likeness (QED) is 0.534. The molecule has 1 saturated heterocycles. The number of hydrogen-bond acceptors (Lipinski definition) is 4. The predicted octanol–water partition coefficient (Wildman–Crippen LogP) is 5.21. The van der Waals surface area contributed by atoms with Crippen molar-refractivity contribution in [1.82, 2.24) is 9.80 Å². The first kappa shape index (κ1) is 21.6. The van der Waals surface area contributed by atoms with Crippen LogP contribution in [0.5, 0.6) is 5.75 Å². The van der Waals surface area contributed by atoms with Gasteiger partial charge < -0.3 is 9.64 Å². The summed E-state index contributed by atoms with van der Waals surface area (Å²) in [5.41, 5.74) is 5.94. The maximum atomic E-state index is 13.0. The van der Waals surface area contributed by atoms with Gasteiger partial charge in [0.2, 0.25) is 0 Å². The molecule has 0 N–H and O–H groups in total. The summed E-state index contributed by atoms with van der Waals surface area (Å²) in [7, 11) is 0. The fourth-order valence-electron chi connectivity index (χ4n) is 3.96. The molecular formula is C26H30N2O2S. The zero-order valence-corrected chi connectivity index (χ0v) is 19.4. The van der Waals surface area contributed by atoms with Gasteiger partial charge in [0.05, 0.1) is 4.88 Å². The molecule has 0 unspecified atom stereocenters. The predicted molar refractivity (Wildman–Crippen MR) is 127 cm³/mol. The maximum absolute atomic E-state index is 13.0. The van der Waals surface area contributed by atoms with Crippen molar-refractivity contribution in [3.05, 3.63) is 86.6 Å². The minimum absolute atomic E-state index is 0.137. The van der Waals surface area contributed by atoms with Crippen LogP contribution in [0.4, 0.5) is 0 Å². The number of rotatable bonds is 6. The third-order valence-electron chi connectivity index (χ3n) is 5.84. The van der Waals surface area contributed by atoms with E-state index in [1.165, 1.54) is 22.5 Å². The van der Waals surface area contributed by atoms with E-state index in [1.54, 1.807) is 0 Å². The molecule has 0 bridgehead atoms. The van der Waals surface area contributed by atoms with E-state index < -0.39 is 0 Å². The number of thiophene rings is 1. The molecule has 3 aromatic rings. The van der Waals surface area contributed by atoms with Crippen molar-refractivity contribution >= 4 is 17.2 Å². The van der Waals surface area contributed by atoms with Crippen LogP contribution in [0.3, 0.4) is 0 Å². The van der Waals surface area contributed by atoms with E-state index in [0.717, 1.165) is 60.0 Å². The van der Waals surface area contributed by atoms with Crippen molar-refractivity contribution < 1.29 is 9.53 Å². The summed E-state index contributed by atoms with van der Waals surface area (Å²) in [6.07, 6.45) is 0. The van der Waals surface area contributed by atoms with E-state index >= 15 is 0 Å². The standard InChI is InChI=1S/C26H30N2O2S/c1-19-7-9-22(10-8-19)16-27-11-13-28(14-12-27)26(29)24-15-23(18-31-24)17-30-25-20(2)5-4-6-21(25)3/h4-10,15,18H,11-14,16-17H2,1-3H3. The average molecular weight is 435 g/mol. The Morgan fingerprint density at radius 3 is 2.29 bits per heavy atom. The van der Waals surface area contributed by atoms with E-state index in [9.17, 15) is 4.79 Å². The number of benzene rings is 2. The first-order chi connectivity index (χ1) is 15.0. The molecule has 4 rings (SSSR count). The first-order valence-corrected chi connectivity index (χ1v) is 11.7. The fourth-order valence-corrected chi connectivity index (χ4v) is 4.83. The average Bonchev–Trinajstić information content (AvgIpc) is 3.24. The Kier molecular flexibility index (Phi) is 6.73. The Bertz CT molecular complexity index is 1010. The van der Waals surface area contributed by atoms with Crippen LogP contribution < -0.4 is 4.74 Å². The molecule has 1 fully saturated rings. The molecule has 4 nitrogen and oxygen atoms in total. The molecule has 0 radical (unpaired) electrons. The van der Waals surface area contributed by atoms with Crippen LogP contribution in [-0.2, 0) is 13.2 Å². The van der Waals surface area contributed by atoms with Gasteiger partial charge in [0.25, 0.3) is 5.91 Å². The minimum Gasteiger partial charge on any atom is -0.488 e. The second-order valence-electron chi connectivity index (χ2n) is 8.38. The lowest BCUT2D eigenvalue weighted by Crippen LogP contribution is -2.48. The van der Waals surface area contributed by atoms with Gasteiger partial charge in [0.1, 0.15) is 12.4 Å². The van der Waals surface area contributed by atoms with Gasteiger partial charge in [-0.1, -0.05) is 48.0 Å². The molecule has 1 aromatic heterocycles. The Hall–Kier alpha value is -2.63. The van der Waals surface area contributed by atoms with E-state index in [1.807, 2.05) is 22.4 Å². The number of amides is 1. The zero-order valence-electron chi connectivity index (χ0n) is 18.6. The number of ether oxygens (including phenoxy) is 1.